The van der Waals surface area contributed by atoms with Crippen LogP contribution in [0.5, 0.6) is 0 Å². The van der Waals surface area contributed by atoms with Crippen molar-refractivity contribution in [3.63, 3.8) is 0 Å². The molecule has 119 heavy (non-hydrogen) atoms. The molecule has 1 aromatic heterocycles. The number of hydrogen-bond donors (Lipinski definition) is 0. The van der Waals surface area contributed by atoms with Crippen LogP contribution in [0.25, 0.3) is 45.3 Å². The van der Waals surface area contributed by atoms with E-state index in [0.29, 0.717) is 49.8 Å². The van der Waals surface area contributed by atoms with E-state index in [1.54, 1.807) is 0 Å². The van der Waals surface area contributed by atoms with Gasteiger partial charge in [-0.15, -0.1) is 0 Å². The van der Waals surface area contributed by atoms with Crippen molar-refractivity contribution in [2.24, 2.45) is 0 Å². The van der Waals surface area contributed by atoms with E-state index in [1.807, 2.05) is 48.5 Å². The molecule has 4 aliphatic rings. The average molecular weight is 1970 g/mol. The summed E-state index contributed by atoms with van der Waals surface area (Å²) in [5.74, 6) is 2.62. The maximum atomic E-state index is 5.95. The number of unbranched alkanes of at least 4 members (excludes halogenated alkanes) is 13. The molecule has 2 fully saturated rings. The third kappa shape index (κ3) is 24.2. The van der Waals surface area contributed by atoms with Crippen LogP contribution in [0.4, 0.5) is 34.1 Å². The van der Waals surface area contributed by atoms with Crippen molar-refractivity contribution < 1.29 is 18.6 Å². The summed E-state index contributed by atoms with van der Waals surface area (Å²) in [5.41, 5.74) is 23.7. The topological polar surface area (TPSA) is 82.1 Å². The zero-order chi connectivity index (χ0) is 82.9. The Balaban J connectivity index is 0.000000140. The van der Waals surface area contributed by atoms with E-state index in [-0.39, 0.29) is 19.7 Å². The molecule has 1 atom stereocenters. The van der Waals surface area contributed by atoms with Gasteiger partial charge in [0.25, 0.3) is 0 Å². The van der Waals surface area contributed by atoms with E-state index in [2.05, 4.69) is 340 Å². The van der Waals surface area contributed by atoms with Gasteiger partial charge in [0.05, 0.1) is 26.4 Å². The van der Waals surface area contributed by atoms with Gasteiger partial charge in [-0.1, -0.05) is 330 Å². The van der Waals surface area contributed by atoms with E-state index in [0.717, 1.165) is 95.7 Å². The van der Waals surface area contributed by atoms with Gasteiger partial charge in [-0.05, 0) is 252 Å². The molecule has 0 amide bonds. The van der Waals surface area contributed by atoms with Crippen molar-refractivity contribution in [1.29, 1.82) is 0 Å². The lowest BCUT2D eigenvalue weighted by atomic mass is 9.67. The zero-order valence-corrected chi connectivity index (χ0v) is 78.9. The summed E-state index contributed by atoms with van der Waals surface area (Å²) < 4.78 is 30.2. The lowest BCUT2D eigenvalue weighted by Gasteiger charge is -2.33. The number of anilines is 6. The maximum Gasteiger partial charge on any atom is 0.494 e. The van der Waals surface area contributed by atoms with Gasteiger partial charge >= 0.3 is 14.2 Å². The fourth-order valence-electron chi connectivity index (χ4n) is 16.3. The number of rotatable bonds is 32. The first-order valence-corrected chi connectivity index (χ1v) is 47.9. The first-order valence-electron chi connectivity index (χ1n) is 43.1. The molecule has 1 unspecified atom stereocenters. The Morgan fingerprint density at radius 3 is 1.01 bits per heavy atom. The van der Waals surface area contributed by atoms with Gasteiger partial charge in [-0.3, -0.25) is 0 Å². The summed E-state index contributed by atoms with van der Waals surface area (Å²) in [6.07, 6.45) is 28.0. The Bertz CT molecular complexity index is 4920. The fraction of sp³-hybridized carbons (Fsp3) is 0.324. The van der Waals surface area contributed by atoms with E-state index >= 15 is 0 Å². The normalized spacial score (nSPS) is 13.7. The summed E-state index contributed by atoms with van der Waals surface area (Å²) in [4.78, 5) is 19.0. The second kappa shape index (κ2) is 45.3. The standard InChI is InChI=1S/C33H48B2O4.C27H25Br2N3.C22H21Br2N.C20H15Br2N/c1-3-5-7-9-11-13-19-33(20-14-12-10-8-6-4-2)31-25-27(34-36-21-22-37-34)15-17-29(31)30-18-16-28(26-32(30)33)35-38-23-24-39-35;1-2-3-4-5-6-19-7-9-20(10-8-19)25-30-26(21-11-15-23(28)16-12-21)32-27(31-25)22-13-17-24(29)18-14-22;1-3-16(2)17-4-10-20(11-5-17)25(21-12-6-18(23)7-13-21)22-14-8-19(24)9-15-22;21-16-4-9-18(10-5-16)23(19-11-6-17(22)7-12-19)20-8-3-14-1-2-15(14)13-20/h15-18,25-26H,3-14,19-24H2,1-2H3;7-18H,2-6H2,1H3;4-16H,3H2,1-2H3;3-13H,1-2H2. The van der Waals surface area contributed by atoms with Gasteiger partial charge < -0.3 is 28.4 Å². The van der Waals surface area contributed by atoms with Crippen LogP contribution >= 0.6 is 95.6 Å². The predicted molar refractivity (Wildman–Crippen MR) is 522 cm³/mol. The van der Waals surface area contributed by atoms with Crippen molar-refractivity contribution in [2.45, 2.75) is 187 Å². The minimum atomic E-state index is -0.240. The first-order chi connectivity index (χ1) is 58.2. The van der Waals surface area contributed by atoms with Crippen LogP contribution in [0, 0.1) is 0 Å². The molecule has 0 radical (unpaired) electrons. The van der Waals surface area contributed by atoms with Crippen LogP contribution in [0.15, 0.2) is 276 Å². The molecular formula is C102H109B2Br6N5O4. The lowest BCUT2D eigenvalue weighted by molar-refractivity contribution is 0.365. The van der Waals surface area contributed by atoms with Crippen molar-refractivity contribution in [3.05, 3.63) is 309 Å². The maximum absolute atomic E-state index is 5.95. The van der Waals surface area contributed by atoms with Gasteiger partial charge in [0.2, 0.25) is 0 Å². The summed E-state index contributed by atoms with van der Waals surface area (Å²) in [7, 11) is -0.480. The highest BCUT2D eigenvalue weighted by atomic mass is 79.9. The molecule has 12 aromatic rings. The summed E-state index contributed by atoms with van der Waals surface area (Å²) >= 11 is 21.1. The number of fused-ring (bicyclic) bond motifs is 4. The number of hydrogen-bond acceptors (Lipinski definition) is 9. The predicted octanol–water partition coefficient (Wildman–Crippen LogP) is 30.4. The molecule has 11 aromatic carbocycles. The highest BCUT2D eigenvalue weighted by molar-refractivity contribution is 9.11. The monoisotopic (exact) mass is 1960 g/mol. The Morgan fingerprint density at radius 1 is 0.336 bits per heavy atom. The van der Waals surface area contributed by atoms with Crippen LogP contribution in [0.2, 0.25) is 0 Å². The van der Waals surface area contributed by atoms with Gasteiger partial charge in [-0.2, -0.15) is 0 Å². The number of benzene rings is 11. The second-order valence-corrected chi connectivity index (χ2v) is 37.1. The third-order valence-electron chi connectivity index (χ3n) is 23.3. The summed E-state index contributed by atoms with van der Waals surface area (Å²) in [6, 6.07) is 88.2. The highest BCUT2D eigenvalue weighted by Crippen LogP contribution is 2.54. The molecule has 9 nitrogen and oxygen atoms in total. The van der Waals surface area contributed by atoms with Crippen LogP contribution in [-0.4, -0.2) is 55.6 Å². The van der Waals surface area contributed by atoms with Crippen molar-refractivity contribution >= 4 is 155 Å². The van der Waals surface area contributed by atoms with Crippen molar-refractivity contribution in [2.75, 3.05) is 36.2 Å². The number of aryl methyl sites for hydroxylation is 3. The molecule has 2 aliphatic heterocycles. The summed E-state index contributed by atoms with van der Waals surface area (Å²) in [6.45, 7) is 14.0. The molecule has 614 valence electrons. The minimum absolute atomic E-state index is 0.0173. The molecule has 2 saturated heterocycles. The molecule has 0 bridgehead atoms. The van der Waals surface area contributed by atoms with E-state index in [1.165, 1.54) is 179 Å². The molecule has 3 heterocycles. The first kappa shape index (κ1) is 89.6. The minimum Gasteiger partial charge on any atom is -0.405 e. The van der Waals surface area contributed by atoms with Crippen LogP contribution < -0.4 is 20.7 Å². The molecule has 0 N–H and O–H groups in total. The Morgan fingerprint density at radius 2 is 0.655 bits per heavy atom. The summed E-state index contributed by atoms with van der Waals surface area (Å²) in [5, 5.41) is 0. The molecule has 17 heteroatoms. The van der Waals surface area contributed by atoms with Crippen LogP contribution in [-0.2, 0) is 43.3 Å². The molecule has 0 saturated carbocycles. The molecule has 2 aliphatic carbocycles. The van der Waals surface area contributed by atoms with Gasteiger partial charge in [0.15, 0.2) is 17.5 Å². The van der Waals surface area contributed by atoms with Gasteiger partial charge in [0.1, 0.15) is 0 Å². The zero-order valence-electron chi connectivity index (χ0n) is 69.4. The Hall–Kier alpha value is -7.12. The number of halogens is 6. The van der Waals surface area contributed by atoms with Crippen LogP contribution in [0.1, 0.15) is 196 Å². The van der Waals surface area contributed by atoms with Crippen LogP contribution in [0.3, 0.4) is 0 Å². The smallest absolute Gasteiger partial charge is 0.405 e. The highest BCUT2D eigenvalue weighted by Gasteiger charge is 2.44. The Labute approximate surface area is 759 Å². The molecule has 16 rings (SSSR count). The van der Waals surface area contributed by atoms with E-state index < -0.39 is 0 Å². The van der Waals surface area contributed by atoms with E-state index in [9.17, 15) is 0 Å². The average Bonchev–Trinajstić information content (AvgIpc) is 1.56. The quantitative estimate of drug-likeness (QED) is 0.0302. The molecule has 0 spiro atoms. The fourth-order valence-corrected chi connectivity index (χ4v) is 17.9. The van der Waals surface area contributed by atoms with Gasteiger partial charge in [-0.25, -0.2) is 15.0 Å². The second-order valence-electron chi connectivity index (χ2n) is 31.6. The van der Waals surface area contributed by atoms with Gasteiger partial charge in [0, 0.05) is 83.1 Å². The molecular weight excluding hydrogens is 1860 g/mol. The third-order valence-corrected chi connectivity index (χ3v) is 26.4. The Kier molecular flexibility index (Phi) is 34.1. The van der Waals surface area contributed by atoms with Crippen molar-refractivity contribution in [3.8, 4) is 45.3 Å². The van der Waals surface area contributed by atoms with E-state index in [4.69, 9.17) is 33.6 Å². The SMILES string of the molecule is Brc1ccc(N(c2ccc(Br)cc2)c2ccc3c(c2)CC3)cc1.CCC(C)c1ccc(N(c2ccc(Br)cc2)c2ccc(Br)cc2)cc1.CCCCCCCCC1(CCCCCCCC)c2cc(B3OCCO3)ccc2-c2ccc(B3OCCO3)cc21.CCCCCCc1ccc(-c2nc(-c3ccc(Br)cc3)nc(-c3ccc(Br)cc3)n2)cc1. The van der Waals surface area contributed by atoms with Crippen molar-refractivity contribution in [1.82, 2.24) is 15.0 Å². The largest absolute Gasteiger partial charge is 0.494 e. The lowest BCUT2D eigenvalue weighted by Crippen LogP contribution is -2.35. The number of nitrogens with zero attached hydrogens (tertiary/aromatic N) is 5. The number of aromatic nitrogens is 3.